The molecule has 0 aliphatic heterocycles. The molecule has 0 saturated heterocycles. The van der Waals surface area contributed by atoms with Crippen LogP contribution in [0.3, 0.4) is 0 Å². The molecule has 0 amide bonds. The van der Waals surface area contributed by atoms with E-state index >= 15 is 0 Å². The third-order valence-electron chi connectivity index (χ3n) is 10.1. The Morgan fingerprint density at radius 1 is 0.340 bits per heavy atom. The highest BCUT2D eigenvalue weighted by Gasteiger charge is 2.21. The van der Waals surface area contributed by atoms with Crippen LogP contribution in [0, 0.1) is 0 Å². The van der Waals surface area contributed by atoms with Gasteiger partial charge in [0, 0.05) is 38.0 Å². The third kappa shape index (κ3) is 3.74. The van der Waals surface area contributed by atoms with Gasteiger partial charge in [0.1, 0.15) is 11.5 Å². The summed E-state index contributed by atoms with van der Waals surface area (Å²) in [7, 11) is 0. The van der Waals surface area contributed by atoms with Gasteiger partial charge in [0.15, 0.2) is 0 Å². The van der Waals surface area contributed by atoms with E-state index in [1.807, 2.05) is 12.3 Å². The quantitative estimate of drug-likeness (QED) is 0.181. The van der Waals surface area contributed by atoms with Gasteiger partial charge >= 0.3 is 0 Å². The Balaban J connectivity index is 1.17. The molecule has 0 aliphatic carbocycles. The van der Waals surface area contributed by atoms with Crippen molar-refractivity contribution in [2.75, 3.05) is 0 Å². The van der Waals surface area contributed by atoms with E-state index in [9.17, 15) is 0 Å². The minimum absolute atomic E-state index is 0.744. The first-order valence-electron chi connectivity index (χ1n) is 16.9. The molecule has 0 bridgehead atoms. The lowest BCUT2D eigenvalue weighted by Crippen LogP contribution is -2.00. The van der Waals surface area contributed by atoms with Gasteiger partial charge < -0.3 is 4.57 Å². The summed E-state index contributed by atoms with van der Waals surface area (Å²) in [5.74, 6) is 0.838. The molecule has 0 fully saturated rings. The number of hydrogen-bond donors (Lipinski definition) is 0. The lowest BCUT2D eigenvalue weighted by Gasteiger charge is -2.11. The van der Waals surface area contributed by atoms with E-state index in [1.165, 1.54) is 43.4 Å². The van der Waals surface area contributed by atoms with E-state index in [0.717, 1.165) is 55.7 Å². The predicted octanol–water partition coefficient (Wildman–Crippen LogP) is 11.2. The summed E-state index contributed by atoms with van der Waals surface area (Å²) in [5, 5.41) is 9.44. The Morgan fingerprint density at radius 2 is 0.880 bits per heavy atom. The molecular formula is C45H27N5. The summed E-state index contributed by atoms with van der Waals surface area (Å²) >= 11 is 0. The molecule has 4 heterocycles. The van der Waals surface area contributed by atoms with Gasteiger partial charge in [-0.25, -0.2) is 9.97 Å². The van der Waals surface area contributed by atoms with E-state index in [4.69, 9.17) is 15.0 Å². The molecule has 11 aromatic rings. The first-order valence-corrected chi connectivity index (χ1v) is 16.9. The fourth-order valence-corrected chi connectivity index (χ4v) is 8.06. The lowest BCUT2D eigenvalue weighted by molar-refractivity contribution is 1.08. The van der Waals surface area contributed by atoms with E-state index in [2.05, 4.69) is 161 Å². The van der Waals surface area contributed by atoms with Crippen molar-refractivity contribution in [3.63, 3.8) is 0 Å². The number of para-hydroxylation sites is 3. The average molecular weight is 638 g/mol. The standard InChI is InChI=1S/C45H27N5/c1-2-13-28(14-3-1)49-37-22-10-8-19-33(37)42-39(49)25-26-40-43(42)34-20-9-11-23-38(34)50(40)41-24-12-21-35(47-41)36-27-46-44-31-17-6-4-15-29(31)30-16-5-7-18-32(30)45(44)48-36/h1-27H. The molecule has 50 heavy (non-hydrogen) atoms. The Kier molecular flexibility index (Phi) is 5.60. The van der Waals surface area contributed by atoms with E-state index in [1.54, 1.807) is 0 Å². The number of nitrogens with zero attached hydrogens (tertiary/aromatic N) is 5. The van der Waals surface area contributed by atoms with Crippen LogP contribution in [0.15, 0.2) is 164 Å². The number of pyridine rings is 1. The van der Waals surface area contributed by atoms with Gasteiger partial charge in [-0.05, 0) is 59.3 Å². The van der Waals surface area contributed by atoms with Crippen molar-refractivity contribution in [1.82, 2.24) is 24.1 Å². The molecule has 7 aromatic carbocycles. The number of hydrogen-bond acceptors (Lipinski definition) is 3. The third-order valence-corrected chi connectivity index (χ3v) is 10.1. The number of aromatic nitrogens is 5. The van der Waals surface area contributed by atoms with Crippen LogP contribution < -0.4 is 0 Å². The number of fused-ring (bicyclic) bond motifs is 13. The second-order valence-electron chi connectivity index (χ2n) is 12.8. The first kappa shape index (κ1) is 27.1. The van der Waals surface area contributed by atoms with Crippen molar-refractivity contribution in [3.8, 4) is 22.9 Å². The maximum atomic E-state index is 5.29. The molecule has 0 aliphatic rings. The van der Waals surface area contributed by atoms with Gasteiger partial charge in [-0.1, -0.05) is 109 Å². The number of benzene rings is 7. The average Bonchev–Trinajstić information content (AvgIpc) is 3.71. The van der Waals surface area contributed by atoms with Crippen molar-refractivity contribution in [2.24, 2.45) is 0 Å². The van der Waals surface area contributed by atoms with Crippen molar-refractivity contribution < 1.29 is 0 Å². The van der Waals surface area contributed by atoms with Crippen LogP contribution in [0.25, 0.3) is 99.1 Å². The Morgan fingerprint density at radius 3 is 1.56 bits per heavy atom. The molecule has 4 aromatic heterocycles. The van der Waals surface area contributed by atoms with Crippen LogP contribution in [-0.4, -0.2) is 24.1 Å². The fourth-order valence-electron chi connectivity index (χ4n) is 8.06. The van der Waals surface area contributed by atoms with Crippen LogP contribution in [0.2, 0.25) is 0 Å². The molecule has 0 unspecified atom stereocenters. The van der Waals surface area contributed by atoms with E-state index < -0.39 is 0 Å². The van der Waals surface area contributed by atoms with E-state index in [-0.39, 0.29) is 0 Å². The summed E-state index contributed by atoms with van der Waals surface area (Å²) in [6.45, 7) is 0. The molecule has 0 saturated carbocycles. The van der Waals surface area contributed by atoms with Gasteiger partial charge in [-0.3, -0.25) is 9.55 Å². The predicted molar refractivity (Wildman–Crippen MR) is 206 cm³/mol. The monoisotopic (exact) mass is 637 g/mol. The highest BCUT2D eigenvalue weighted by atomic mass is 15.1. The van der Waals surface area contributed by atoms with Gasteiger partial charge in [0.05, 0.1) is 45.0 Å². The molecule has 0 N–H and O–H groups in total. The van der Waals surface area contributed by atoms with Crippen LogP contribution in [0.5, 0.6) is 0 Å². The van der Waals surface area contributed by atoms with Crippen LogP contribution in [0.4, 0.5) is 0 Å². The fraction of sp³-hybridized carbons (Fsp3) is 0. The van der Waals surface area contributed by atoms with Crippen molar-refractivity contribution in [1.29, 1.82) is 0 Å². The number of rotatable bonds is 3. The lowest BCUT2D eigenvalue weighted by atomic mass is 9.99. The maximum absolute atomic E-state index is 5.29. The Hall–Kier alpha value is -6.85. The van der Waals surface area contributed by atoms with Crippen molar-refractivity contribution in [3.05, 3.63) is 164 Å². The minimum Gasteiger partial charge on any atom is -0.309 e. The zero-order valence-electron chi connectivity index (χ0n) is 26.8. The summed E-state index contributed by atoms with van der Waals surface area (Å²) in [6, 6.07) is 55.6. The molecule has 0 radical (unpaired) electrons. The topological polar surface area (TPSA) is 48.5 Å². The van der Waals surface area contributed by atoms with Crippen molar-refractivity contribution in [2.45, 2.75) is 0 Å². The van der Waals surface area contributed by atoms with Crippen LogP contribution >= 0.6 is 0 Å². The summed E-state index contributed by atoms with van der Waals surface area (Å²) in [5.41, 5.74) is 9.05. The van der Waals surface area contributed by atoms with Crippen molar-refractivity contribution >= 4 is 76.2 Å². The Labute approximate surface area is 286 Å². The Bertz CT molecular complexity index is 3120. The van der Waals surface area contributed by atoms with Gasteiger partial charge in [-0.2, -0.15) is 0 Å². The second kappa shape index (κ2) is 10.3. The highest BCUT2D eigenvalue weighted by molar-refractivity contribution is 6.29. The molecule has 11 rings (SSSR count). The summed E-state index contributed by atoms with van der Waals surface area (Å²) in [6.07, 6.45) is 1.86. The molecule has 5 heteroatoms. The van der Waals surface area contributed by atoms with Gasteiger partial charge in [0.2, 0.25) is 0 Å². The summed E-state index contributed by atoms with van der Waals surface area (Å²) in [4.78, 5) is 15.5. The maximum Gasteiger partial charge on any atom is 0.138 e. The largest absolute Gasteiger partial charge is 0.309 e. The second-order valence-corrected chi connectivity index (χ2v) is 12.8. The van der Waals surface area contributed by atoms with Gasteiger partial charge in [-0.15, -0.1) is 0 Å². The van der Waals surface area contributed by atoms with E-state index in [0.29, 0.717) is 0 Å². The molecule has 0 atom stereocenters. The smallest absolute Gasteiger partial charge is 0.138 e. The summed E-state index contributed by atoms with van der Waals surface area (Å²) < 4.78 is 4.67. The zero-order valence-corrected chi connectivity index (χ0v) is 26.8. The minimum atomic E-state index is 0.744. The zero-order chi connectivity index (χ0) is 32.8. The highest BCUT2D eigenvalue weighted by Crippen LogP contribution is 2.42. The van der Waals surface area contributed by atoms with Crippen LogP contribution in [0.1, 0.15) is 0 Å². The molecule has 0 spiro atoms. The van der Waals surface area contributed by atoms with Crippen LogP contribution in [-0.2, 0) is 0 Å². The molecule has 232 valence electrons. The molecular weight excluding hydrogens is 611 g/mol. The molecule has 5 nitrogen and oxygen atoms in total. The first-order chi connectivity index (χ1) is 24.8. The normalized spacial score (nSPS) is 12.0. The van der Waals surface area contributed by atoms with Gasteiger partial charge in [0.25, 0.3) is 0 Å². The SMILES string of the molecule is c1ccc(-n2c3ccccc3c3c4c5ccccc5n(-c5cccc(-c6cnc7c8ccccc8c8ccccc8c7n6)n5)c4ccc32)cc1.